The highest BCUT2D eigenvalue weighted by Crippen LogP contribution is 2.56. The molecule has 1 fully saturated rings. The quantitative estimate of drug-likeness (QED) is 0.696. The molecule has 3 N–H and O–H groups in total. The van der Waals surface area contributed by atoms with Gasteiger partial charge in [0, 0.05) is 16.8 Å². The van der Waals surface area contributed by atoms with Crippen LogP contribution in [0.1, 0.15) is 50.3 Å². The van der Waals surface area contributed by atoms with Gasteiger partial charge in [-0.25, -0.2) is 4.79 Å². The van der Waals surface area contributed by atoms with E-state index in [4.69, 9.17) is 0 Å². The van der Waals surface area contributed by atoms with Gasteiger partial charge >= 0.3 is 5.97 Å². The number of nitrogens with one attached hydrogen (secondary N) is 2. The Hall–Kier alpha value is -1.59. The first-order valence-electron chi connectivity index (χ1n) is 8.84. The van der Waals surface area contributed by atoms with E-state index < -0.39 is 33.0 Å². The molecule has 2 atom stereocenters. The molecule has 0 amide bonds. The van der Waals surface area contributed by atoms with E-state index in [0.29, 0.717) is 30.4 Å². The maximum atomic E-state index is 13.0. The SMILES string of the molecule is CC(C)(C)[S@@+]([O-])N[C@@]1(C(=O)O)c2ccc(C#N)cc2CC12CCNCC2. The van der Waals surface area contributed by atoms with Crippen LogP contribution in [0.15, 0.2) is 18.2 Å². The molecule has 1 aromatic carbocycles. The molecule has 1 aromatic rings. The fraction of sp³-hybridized carbons (Fsp3) is 0.579. The summed E-state index contributed by atoms with van der Waals surface area (Å²) in [6, 6.07) is 7.29. The average Bonchev–Trinajstić information content (AvgIpc) is 2.84. The van der Waals surface area contributed by atoms with E-state index in [1.807, 2.05) is 20.8 Å². The molecular formula is C19H25N3O3S. The minimum atomic E-state index is -1.55. The number of carboxylic acids is 1. The number of hydrogen-bond donors (Lipinski definition) is 3. The molecule has 2 aliphatic rings. The van der Waals surface area contributed by atoms with E-state index in [1.165, 1.54) is 0 Å². The summed E-state index contributed by atoms with van der Waals surface area (Å²) in [6.07, 6.45) is 1.91. The number of rotatable bonds is 3. The number of nitriles is 1. The number of nitrogens with zero attached hydrogens (tertiary/aromatic N) is 1. The van der Waals surface area contributed by atoms with Crippen LogP contribution in [0.2, 0.25) is 0 Å². The topological polar surface area (TPSA) is 108 Å². The zero-order chi connectivity index (χ0) is 19.2. The standard InChI is InChI=1S/C19H25N3O3S/c1-17(2,3)26(25)22-19(16(23)24)15-5-4-13(12-20)10-14(15)11-18(19)6-8-21-9-7-18/h4-5,10,21-22H,6-9,11H2,1-3H3,(H,23,24)/t19-,26-/m1/s1. The van der Waals surface area contributed by atoms with Gasteiger partial charge < -0.3 is 15.0 Å². The molecule has 7 heteroatoms. The van der Waals surface area contributed by atoms with Crippen LogP contribution in [-0.2, 0) is 28.1 Å². The molecule has 1 spiro atoms. The van der Waals surface area contributed by atoms with E-state index in [-0.39, 0.29) is 0 Å². The Balaban J connectivity index is 2.20. The Morgan fingerprint density at radius 3 is 2.58 bits per heavy atom. The second-order valence-electron chi connectivity index (χ2n) is 8.23. The number of carboxylic acid groups (broad SMARTS) is 1. The maximum Gasteiger partial charge on any atom is 0.333 e. The van der Waals surface area contributed by atoms with Gasteiger partial charge in [-0.1, -0.05) is 6.07 Å². The highest BCUT2D eigenvalue weighted by Gasteiger charge is 2.65. The molecule has 140 valence electrons. The predicted molar refractivity (Wildman–Crippen MR) is 99.7 cm³/mol. The van der Waals surface area contributed by atoms with E-state index in [2.05, 4.69) is 16.1 Å². The molecule has 1 aliphatic carbocycles. The monoisotopic (exact) mass is 375 g/mol. The van der Waals surface area contributed by atoms with Gasteiger partial charge in [0.1, 0.15) is 4.75 Å². The first kappa shape index (κ1) is 19.2. The van der Waals surface area contributed by atoms with E-state index >= 15 is 0 Å². The van der Waals surface area contributed by atoms with Gasteiger partial charge in [0.15, 0.2) is 5.54 Å². The molecule has 0 unspecified atom stereocenters. The van der Waals surface area contributed by atoms with Crippen molar-refractivity contribution in [3.8, 4) is 6.07 Å². The van der Waals surface area contributed by atoms with Crippen molar-refractivity contribution in [3.63, 3.8) is 0 Å². The Kier molecular flexibility index (Phi) is 4.82. The van der Waals surface area contributed by atoms with Crippen LogP contribution in [0, 0.1) is 16.7 Å². The third-order valence-electron chi connectivity index (χ3n) is 5.65. The van der Waals surface area contributed by atoms with Gasteiger partial charge in [0.25, 0.3) is 0 Å². The van der Waals surface area contributed by atoms with Crippen LogP contribution in [0.3, 0.4) is 0 Å². The Morgan fingerprint density at radius 2 is 2.04 bits per heavy atom. The fourth-order valence-corrected chi connectivity index (χ4v) is 5.25. The molecule has 26 heavy (non-hydrogen) atoms. The minimum Gasteiger partial charge on any atom is -0.598 e. The summed E-state index contributed by atoms with van der Waals surface area (Å²) in [5.74, 6) is -1.000. The Labute approximate surface area is 157 Å². The number of aliphatic carboxylic acids is 1. The van der Waals surface area contributed by atoms with Crippen LogP contribution < -0.4 is 10.0 Å². The van der Waals surface area contributed by atoms with Gasteiger partial charge in [-0.15, -0.1) is 4.72 Å². The first-order valence-corrected chi connectivity index (χ1v) is 9.99. The van der Waals surface area contributed by atoms with Crippen molar-refractivity contribution in [1.82, 2.24) is 10.0 Å². The van der Waals surface area contributed by atoms with Crippen molar-refractivity contribution in [2.75, 3.05) is 13.1 Å². The smallest absolute Gasteiger partial charge is 0.333 e. The highest BCUT2D eigenvalue weighted by molar-refractivity contribution is 7.90. The van der Waals surface area contributed by atoms with Gasteiger partial charge in [-0.3, -0.25) is 0 Å². The van der Waals surface area contributed by atoms with Crippen LogP contribution in [0.5, 0.6) is 0 Å². The lowest BCUT2D eigenvalue weighted by Gasteiger charge is -2.46. The van der Waals surface area contributed by atoms with Crippen LogP contribution in [0.25, 0.3) is 0 Å². The Morgan fingerprint density at radius 1 is 1.38 bits per heavy atom. The molecular weight excluding hydrogens is 350 g/mol. The second-order valence-corrected chi connectivity index (χ2v) is 10.2. The van der Waals surface area contributed by atoms with Crippen molar-refractivity contribution in [2.45, 2.75) is 50.3 Å². The summed E-state index contributed by atoms with van der Waals surface area (Å²) in [4.78, 5) is 12.7. The molecule has 1 saturated heterocycles. The van der Waals surface area contributed by atoms with Gasteiger partial charge in [-0.2, -0.15) is 5.26 Å². The molecule has 0 aromatic heterocycles. The van der Waals surface area contributed by atoms with Crippen molar-refractivity contribution in [1.29, 1.82) is 5.26 Å². The van der Waals surface area contributed by atoms with Crippen molar-refractivity contribution >= 4 is 17.3 Å². The summed E-state index contributed by atoms with van der Waals surface area (Å²) in [5, 5.41) is 22.9. The van der Waals surface area contributed by atoms with E-state index in [0.717, 1.165) is 18.7 Å². The predicted octanol–water partition coefficient (Wildman–Crippen LogP) is 1.82. The number of fused-ring (bicyclic) bond motifs is 1. The van der Waals surface area contributed by atoms with Crippen molar-refractivity contribution in [3.05, 3.63) is 34.9 Å². The Bertz CT molecular complexity index is 762. The van der Waals surface area contributed by atoms with Crippen LogP contribution in [-0.4, -0.2) is 33.5 Å². The number of carbonyl (C=O) groups is 1. The molecule has 1 heterocycles. The van der Waals surface area contributed by atoms with Crippen molar-refractivity contribution in [2.24, 2.45) is 5.41 Å². The highest BCUT2D eigenvalue weighted by atomic mass is 32.2. The molecule has 0 bridgehead atoms. The van der Waals surface area contributed by atoms with Crippen LogP contribution >= 0.6 is 0 Å². The number of hydrogen-bond acceptors (Lipinski definition) is 5. The molecule has 0 saturated carbocycles. The number of benzene rings is 1. The lowest BCUT2D eigenvalue weighted by molar-refractivity contribution is -0.151. The second kappa shape index (κ2) is 6.54. The lowest BCUT2D eigenvalue weighted by Crippen LogP contribution is -2.64. The third-order valence-corrected chi connectivity index (χ3v) is 7.25. The average molecular weight is 375 g/mol. The van der Waals surface area contributed by atoms with E-state index in [9.17, 15) is 19.7 Å². The summed E-state index contributed by atoms with van der Waals surface area (Å²) < 4.78 is 15.4. The number of piperidine rings is 1. The summed E-state index contributed by atoms with van der Waals surface area (Å²) in [6.45, 7) is 6.93. The van der Waals surface area contributed by atoms with Crippen molar-refractivity contribution < 1.29 is 14.5 Å². The molecule has 0 radical (unpaired) electrons. The third kappa shape index (κ3) is 2.81. The molecule has 6 nitrogen and oxygen atoms in total. The maximum absolute atomic E-state index is 13.0. The molecule has 1 aliphatic heterocycles. The van der Waals surface area contributed by atoms with Gasteiger partial charge in [0.2, 0.25) is 0 Å². The summed E-state index contributed by atoms with van der Waals surface area (Å²) >= 11 is -1.55. The van der Waals surface area contributed by atoms with Crippen LogP contribution in [0.4, 0.5) is 0 Å². The largest absolute Gasteiger partial charge is 0.598 e. The minimum absolute atomic E-state index is 0.519. The summed E-state index contributed by atoms with van der Waals surface area (Å²) in [7, 11) is 0. The zero-order valence-electron chi connectivity index (χ0n) is 15.4. The fourth-order valence-electron chi connectivity index (χ4n) is 4.26. The summed E-state index contributed by atoms with van der Waals surface area (Å²) in [5.41, 5.74) is 0.0408. The lowest BCUT2D eigenvalue weighted by atomic mass is 9.65. The van der Waals surface area contributed by atoms with Gasteiger partial charge in [-0.05, 0) is 76.4 Å². The van der Waals surface area contributed by atoms with Gasteiger partial charge in [0.05, 0.1) is 11.6 Å². The normalized spacial score (nSPS) is 25.5. The van der Waals surface area contributed by atoms with E-state index in [1.54, 1.807) is 18.2 Å². The first-order chi connectivity index (χ1) is 12.2. The molecule has 3 rings (SSSR count). The zero-order valence-corrected chi connectivity index (χ0v) is 16.2.